The zero-order valence-corrected chi connectivity index (χ0v) is 18.1. The Morgan fingerprint density at radius 3 is 2.71 bits per heavy atom. The summed E-state index contributed by atoms with van der Waals surface area (Å²) >= 11 is 0. The number of fused-ring (bicyclic) bond motifs is 2. The molecular formula is C27H32N4. The number of nitrogens with two attached hydrogens (primary N) is 1. The standard InChI is InChI=1S/C27H32N4/c28-16-20-6-3-7-21(14-20)18-31(26-12-4-10-22-11-5-13-29-27(22)26)19-25-15-23-8-1-2-9-24(23)17-30-25/h1-3,5-9,11,13-14,25-26,30H,4,10,12,15-19,28H2/t25-,26?/m1/s1. The van der Waals surface area contributed by atoms with Gasteiger partial charge in [0, 0.05) is 38.4 Å². The molecule has 1 aliphatic carbocycles. The minimum absolute atomic E-state index is 0.366. The molecule has 1 unspecified atom stereocenters. The van der Waals surface area contributed by atoms with E-state index >= 15 is 0 Å². The van der Waals surface area contributed by atoms with E-state index in [1.807, 2.05) is 6.20 Å². The van der Waals surface area contributed by atoms with E-state index < -0.39 is 0 Å². The number of nitrogens with zero attached hydrogens (tertiary/aromatic N) is 2. The van der Waals surface area contributed by atoms with Gasteiger partial charge in [0.2, 0.25) is 0 Å². The van der Waals surface area contributed by atoms with Crippen molar-refractivity contribution in [1.29, 1.82) is 0 Å². The predicted molar refractivity (Wildman–Crippen MR) is 125 cm³/mol. The number of aryl methyl sites for hydroxylation is 1. The fraction of sp³-hybridized carbons (Fsp3) is 0.370. The van der Waals surface area contributed by atoms with Gasteiger partial charge in [-0.2, -0.15) is 0 Å². The van der Waals surface area contributed by atoms with Gasteiger partial charge in [-0.3, -0.25) is 9.88 Å². The molecule has 5 rings (SSSR count). The highest BCUT2D eigenvalue weighted by atomic mass is 15.2. The number of hydrogen-bond donors (Lipinski definition) is 2. The van der Waals surface area contributed by atoms with Crippen LogP contribution in [0.1, 0.15) is 52.4 Å². The molecule has 0 spiro atoms. The molecule has 1 aliphatic heterocycles. The molecule has 2 heterocycles. The lowest BCUT2D eigenvalue weighted by molar-refractivity contribution is 0.145. The van der Waals surface area contributed by atoms with Crippen molar-refractivity contribution in [3.63, 3.8) is 0 Å². The van der Waals surface area contributed by atoms with Gasteiger partial charge in [0.05, 0.1) is 11.7 Å². The molecule has 2 aromatic carbocycles. The third kappa shape index (κ3) is 4.57. The maximum Gasteiger partial charge on any atom is 0.0607 e. The van der Waals surface area contributed by atoms with E-state index in [0.717, 1.165) is 32.5 Å². The van der Waals surface area contributed by atoms with Crippen LogP contribution < -0.4 is 11.1 Å². The van der Waals surface area contributed by atoms with Crippen LogP contribution in [0.4, 0.5) is 0 Å². The van der Waals surface area contributed by atoms with Crippen LogP contribution in [-0.2, 0) is 32.5 Å². The molecule has 3 N–H and O–H groups in total. The SMILES string of the molecule is NCc1cccc(CN(C[C@H]2Cc3ccccc3CN2)C2CCCc3cccnc32)c1. The summed E-state index contributed by atoms with van der Waals surface area (Å²) < 4.78 is 0. The summed E-state index contributed by atoms with van der Waals surface area (Å²) in [4.78, 5) is 7.50. The van der Waals surface area contributed by atoms with Crippen molar-refractivity contribution in [2.75, 3.05) is 6.54 Å². The van der Waals surface area contributed by atoms with Crippen LogP contribution in [0.3, 0.4) is 0 Å². The summed E-state index contributed by atoms with van der Waals surface area (Å²) in [6.45, 7) is 3.48. The lowest BCUT2D eigenvalue weighted by Gasteiger charge is -2.38. The Bertz CT molecular complexity index is 1030. The van der Waals surface area contributed by atoms with Crippen molar-refractivity contribution in [2.45, 2.75) is 57.4 Å². The molecule has 0 amide bonds. The normalized spacial score (nSPS) is 20.3. The van der Waals surface area contributed by atoms with E-state index in [9.17, 15) is 0 Å². The average molecular weight is 413 g/mol. The molecule has 4 heteroatoms. The number of pyridine rings is 1. The Morgan fingerprint density at radius 2 is 1.81 bits per heavy atom. The number of rotatable bonds is 6. The first kappa shape index (κ1) is 20.4. The van der Waals surface area contributed by atoms with Crippen LogP contribution in [0.2, 0.25) is 0 Å². The number of benzene rings is 2. The smallest absolute Gasteiger partial charge is 0.0607 e. The van der Waals surface area contributed by atoms with Crippen LogP contribution in [-0.4, -0.2) is 22.5 Å². The first-order chi connectivity index (χ1) is 15.3. The van der Waals surface area contributed by atoms with Gasteiger partial charge in [0.25, 0.3) is 0 Å². The van der Waals surface area contributed by atoms with Crippen LogP contribution in [0.5, 0.6) is 0 Å². The maximum absolute atomic E-state index is 5.92. The van der Waals surface area contributed by atoms with Gasteiger partial charge in [-0.25, -0.2) is 0 Å². The van der Waals surface area contributed by atoms with Gasteiger partial charge in [-0.15, -0.1) is 0 Å². The second-order valence-corrected chi connectivity index (χ2v) is 8.96. The molecule has 3 aromatic rings. The highest BCUT2D eigenvalue weighted by Gasteiger charge is 2.30. The fourth-order valence-electron chi connectivity index (χ4n) is 5.27. The second kappa shape index (κ2) is 9.31. The third-order valence-electron chi connectivity index (χ3n) is 6.84. The van der Waals surface area contributed by atoms with Crippen LogP contribution in [0, 0.1) is 0 Å². The first-order valence-electron chi connectivity index (χ1n) is 11.6. The number of nitrogens with one attached hydrogen (secondary N) is 1. The largest absolute Gasteiger partial charge is 0.326 e. The fourth-order valence-corrected chi connectivity index (χ4v) is 5.27. The zero-order valence-electron chi connectivity index (χ0n) is 18.1. The van der Waals surface area contributed by atoms with Gasteiger partial charge < -0.3 is 11.1 Å². The summed E-state index contributed by atoms with van der Waals surface area (Å²) in [5.41, 5.74) is 14.1. The maximum atomic E-state index is 5.92. The molecule has 160 valence electrons. The Hall–Kier alpha value is -2.53. The molecule has 2 atom stereocenters. The van der Waals surface area contributed by atoms with Crippen molar-refractivity contribution in [3.8, 4) is 0 Å². The van der Waals surface area contributed by atoms with Crippen LogP contribution in [0.25, 0.3) is 0 Å². The summed E-state index contributed by atoms with van der Waals surface area (Å²) in [7, 11) is 0. The quantitative estimate of drug-likeness (QED) is 0.639. The summed E-state index contributed by atoms with van der Waals surface area (Å²) in [5.74, 6) is 0. The van der Waals surface area contributed by atoms with Crippen molar-refractivity contribution in [3.05, 3.63) is 100 Å². The Morgan fingerprint density at radius 1 is 0.968 bits per heavy atom. The Balaban J connectivity index is 1.42. The monoisotopic (exact) mass is 412 g/mol. The molecule has 1 aromatic heterocycles. The van der Waals surface area contributed by atoms with Gasteiger partial charge in [0.1, 0.15) is 0 Å². The van der Waals surface area contributed by atoms with Gasteiger partial charge >= 0.3 is 0 Å². The molecule has 2 aliphatic rings. The van der Waals surface area contributed by atoms with Crippen molar-refractivity contribution >= 4 is 0 Å². The highest BCUT2D eigenvalue weighted by Crippen LogP contribution is 2.34. The van der Waals surface area contributed by atoms with E-state index in [1.54, 1.807) is 0 Å². The first-order valence-corrected chi connectivity index (χ1v) is 11.6. The second-order valence-electron chi connectivity index (χ2n) is 8.96. The average Bonchev–Trinajstić information content (AvgIpc) is 2.83. The highest BCUT2D eigenvalue weighted by molar-refractivity contribution is 5.31. The molecule has 31 heavy (non-hydrogen) atoms. The Labute approximate surface area is 185 Å². The Kier molecular flexibility index (Phi) is 6.12. The zero-order chi connectivity index (χ0) is 21.0. The van der Waals surface area contributed by atoms with Crippen LogP contribution >= 0.6 is 0 Å². The topological polar surface area (TPSA) is 54.2 Å². The summed E-state index contributed by atoms with van der Waals surface area (Å²) in [5, 5.41) is 3.80. The number of hydrogen-bond acceptors (Lipinski definition) is 4. The minimum Gasteiger partial charge on any atom is -0.326 e. The van der Waals surface area contributed by atoms with Crippen molar-refractivity contribution in [2.24, 2.45) is 5.73 Å². The predicted octanol–water partition coefficient (Wildman–Crippen LogP) is 4.13. The van der Waals surface area contributed by atoms with E-state index in [1.165, 1.54) is 46.4 Å². The van der Waals surface area contributed by atoms with E-state index in [2.05, 4.69) is 70.9 Å². The van der Waals surface area contributed by atoms with Gasteiger partial charge in [-0.05, 0) is 59.6 Å². The van der Waals surface area contributed by atoms with E-state index in [-0.39, 0.29) is 0 Å². The van der Waals surface area contributed by atoms with Crippen LogP contribution in [0.15, 0.2) is 66.9 Å². The van der Waals surface area contributed by atoms with Crippen molar-refractivity contribution < 1.29 is 0 Å². The lowest BCUT2D eigenvalue weighted by Crippen LogP contribution is -2.46. The third-order valence-corrected chi connectivity index (χ3v) is 6.84. The summed E-state index contributed by atoms with van der Waals surface area (Å²) in [6.07, 6.45) is 6.58. The van der Waals surface area contributed by atoms with Gasteiger partial charge in [0.15, 0.2) is 0 Å². The molecule has 0 radical (unpaired) electrons. The molecule has 0 bridgehead atoms. The molecular weight excluding hydrogens is 380 g/mol. The van der Waals surface area contributed by atoms with E-state index in [4.69, 9.17) is 10.7 Å². The van der Waals surface area contributed by atoms with E-state index in [0.29, 0.717) is 18.6 Å². The minimum atomic E-state index is 0.366. The molecule has 0 fully saturated rings. The van der Waals surface area contributed by atoms with Gasteiger partial charge in [-0.1, -0.05) is 54.6 Å². The molecule has 4 nitrogen and oxygen atoms in total. The molecule has 0 saturated carbocycles. The lowest BCUT2D eigenvalue weighted by atomic mass is 9.89. The number of aromatic nitrogens is 1. The molecule has 0 saturated heterocycles. The summed E-state index contributed by atoms with van der Waals surface area (Å²) in [6, 6.07) is 22.7. The van der Waals surface area contributed by atoms with Crippen molar-refractivity contribution in [1.82, 2.24) is 15.2 Å².